The Bertz CT molecular complexity index is 1120. The number of rotatable bonds is 7. The second kappa shape index (κ2) is 9.20. The predicted octanol–water partition coefficient (Wildman–Crippen LogP) is 4.21. The topological polar surface area (TPSA) is 70.4 Å². The quantitative estimate of drug-likeness (QED) is 0.309. The average molecular weight is 445 g/mol. The fraction of sp³-hybridized carbons (Fsp3) is 0.318. The number of fused-ring (bicyclic) bond motifs is 1. The van der Waals surface area contributed by atoms with Gasteiger partial charge in [0.25, 0.3) is 5.56 Å². The van der Waals surface area contributed by atoms with E-state index >= 15 is 0 Å². The molecular formula is C22H21ClN2O4S. The number of ether oxygens (including phenoxy) is 2. The van der Waals surface area contributed by atoms with Crippen LogP contribution in [0.1, 0.15) is 23.2 Å². The molecule has 0 N–H and O–H groups in total. The zero-order valence-electron chi connectivity index (χ0n) is 16.5. The van der Waals surface area contributed by atoms with Crippen LogP contribution in [0.25, 0.3) is 10.9 Å². The van der Waals surface area contributed by atoms with Crippen LogP contribution in [0.3, 0.4) is 0 Å². The number of ketones is 1. The van der Waals surface area contributed by atoms with Crippen LogP contribution in [0.5, 0.6) is 5.75 Å². The standard InChI is InChI=1S/C22H21ClN2O4S/c1-28-16-7-4-14(5-8-16)20(26)13-30-22-24-19-11-15(23)6-9-18(19)21(27)25(22)12-17-3-2-10-29-17/h4-9,11,17H,2-3,10,12-13H2,1H3. The summed E-state index contributed by atoms with van der Waals surface area (Å²) in [7, 11) is 1.58. The molecule has 0 radical (unpaired) electrons. The van der Waals surface area contributed by atoms with Gasteiger partial charge in [0.2, 0.25) is 0 Å². The van der Waals surface area contributed by atoms with E-state index in [-0.39, 0.29) is 23.2 Å². The highest BCUT2D eigenvalue weighted by Crippen LogP contribution is 2.24. The van der Waals surface area contributed by atoms with Crippen molar-refractivity contribution in [3.63, 3.8) is 0 Å². The summed E-state index contributed by atoms with van der Waals surface area (Å²) in [5.41, 5.74) is 0.960. The van der Waals surface area contributed by atoms with Gasteiger partial charge in [-0.3, -0.25) is 14.2 Å². The molecule has 1 aliphatic heterocycles. The van der Waals surface area contributed by atoms with Crippen molar-refractivity contribution in [2.75, 3.05) is 19.5 Å². The summed E-state index contributed by atoms with van der Waals surface area (Å²) in [6, 6.07) is 12.0. The summed E-state index contributed by atoms with van der Waals surface area (Å²) < 4.78 is 12.5. The number of carbonyl (C=O) groups is 1. The minimum atomic E-state index is -0.147. The molecule has 2 heterocycles. The molecule has 0 saturated carbocycles. The lowest BCUT2D eigenvalue weighted by Gasteiger charge is -2.16. The van der Waals surface area contributed by atoms with Crippen LogP contribution in [0.2, 0.25) is 5.02 Å². The highest BCUT2D eigenvalue weighted by molar-refractivity contribution is 7.99. The van der Waals surface area contributed by atoms with E-state index in [1.807, 2.05) is 0 Å². The predicted molar refractivity (Wildman–Crippen MR) is 118 cm³/mol. The summed E-state index contributed by atoms with van der Waals surface area (Å²) in [4.78, 5) is 30.4. The van der Waals surface area contributed by atoms with Gasteiger partial charge in [-0.1, -0.05) is 23.4 Å². The highest BCUT2D eigenvalue weighted by atomic mass is 35.5. The Kier molecular flexibility index (Phi) is 6.41. The number of hydrogen-bond donors (Lipinski definition) is 0. The number of aromatic nitrogens is 2. The number of nitrogens with zero attached hydrogens (tertiary/aromatic N) is 2. The number of thioether (sulfide) groups is 1. The van der Waals surface area contributed by atoms with E-state index in [1.165, 1.54) is 11.8 Å². The first-order valence-electron chi connectivity index (χ1n) is 9.67. The van der Waals surface area contributed by atoms with Crippen molar-refractivity contribution in [1.82, 2.24) is 9.55 Å². The van der Waals surface area contributed by atoms with E-state index in [4.69, 9.17) is 21.1 Å². The van der Waals surface area contributed by atoms with E-state index in [0.717, 1.165) is 12.8 Å². The Morgan fingerprint density at radius 3 is 2.80 bits per heavy atom. The van der Waals surface area contributed by atoms with E-state index in [9.17, 15) is 9.59 Å². The maximum Gasteiger partial charge on any atom is 0.262 e. The molecule has 1 unspecified atom stereocenters. The number of carbonyl (C=O) groups excluding carboxylic acids is 1. The van der Waals surface area contributed by atoms with Crippen molar-refractivity contribution < 1.29 is 14.3 Å². The molecule has 6 nitrogen and oxygen atoms in total. The molecule has 3 aromatic rings. The van der Waals surface area contributed by atoms with E-state index < -0.39 is 0 Å². The molecule has 1 aromatic heterocycles. The number of Topliss-reactive ketones (excluding diaryl/α,β-unsaturated/α-hetero) is 1. The third kappa shape index (κ3) is 4.53. The van der Waals surface area contributed by atoms with Crippen molar-refractivity contribution in [3.8, 4) is 5.75 Å². The molecule has 1 fully saturated rings. The van der Waals surface area contributed by atoms with Gasteiger partial charge in [-0.15, -0.1) is 0 Å². The Morgan fingerprint density at radius 2 is 2.10 bits per heavy atom. The SMILES string of the molecule is COc1ccc(C(=O)CSc2nc3cc(Cl)ccc3c(=O)n2CC2CCCO2)cc1. The first-order valence-corrected chi connectivity index (χ1v) is 11.0. The zero-order chi connectivity index (χ0) is 21.1. The van der Waals surface area contributed by atoms with Crippen LogP contribution in [-0.4, -0.2) is 40.9 Å². The second-order valence-electron chi connectivity index (χ2n) is 7.05. The molecule has 2 aromatic carbocycles. The zero-order valence-corrected chi connectivity index (χ0v) is 18.0. The van der Waals surface area contributed by atoms with Crippen molar-refractivity contribution in [1.29, 1.82) is 0 Å². The van der Waals surface area contributed by atoms with Gasteiger partial charge in [0.05, 0.1) is 36.4 Å². The molecule has 0 amide bonds. The van der Waals surface area contributed by atoms with Crippen LogP contribution in [0, 0.1) is 0 Å². The summed E-state index contributed by atoms with van der Waals surface area (Å²) in [5, 5.41) is 1.51. The largest absolute Gasteiger partial charge is 0.497 e. The molecule has 1 saturated heterocycles. The molecule has 30 heavy (non-hydrogen) atoms. The van der Waals surface area contributed by atoms with E-state index in [2.05, 4.69) is 4.98 Å². The first kappa shape index (κ1) is 20.9. The fourth-order valence-corrected chi connectivity index (χ4v) is 4.50. The Labute approximate surface area is 183 Å². The third-order valence-corrected chi connectivity index (χ3v) is 6.25. The fourth-order valence-electron chi connectivity index (χ4n) is 3.43. The molecule has 0 bridgehead atoms. The van der Waals surface area contributed by atoms with E-state index in [1.54, 1.807) is 54.1 Å². The highest BCUT2D eigenvalue weighted by Gasteiger charge is 2.21. The monoisotopic (exact) mass is 444 g/mol. The van der Waals surface area contributed by atoms with Crippen molar-refractivity contribution in [3.05, 3.63) is 63.4 Å². The lowest BCUT2D eigenvalue weighted by atomic mass is 10.1. The minimum absolute atomic E-state index is 0.0223. The van der Waals surface area contributed by atoms with Crippen LogP contribution in [-0.2, 0) is 11.3 Å². The number of halogens is 1. The average Bonchev–Trinajstić information content (AvgIpc) is 3.27. The third-order valence-electron chi connectivity index (χ3n) is 5.04. The Hall–Kier alpha value is -2.35. The Balaban J connectivity index is 1.63. The molecule has 4 rings (SSSR count). The number of hydrogen-bond acceptors (Lipinski definition) is 6. The lowest BCUT2D eigenvalue weighted by Crippen LogP contribution is -2.29. The normalized spacial score (nSPS) is 16.1. The molecule has 156 valence electrons. The summed E-state index contributed by atoms with van der Waals surface area (Å²) in [6.45, 7) is 1.12. The second-order valence-corrected chi connectivity index (χ2v) is 8.43. The van der Waals surface area contributed by atoms with Crippen molar-refractivity contribution in [2.24, 2.45) is 0 Å². The Morgan fingerprint density at radius 1 is 1.30 bits per heavy atom. The first-order chi connectivity index (χ1) is 14.5. The smallest absolute Gasteiger partial charge is 0.262 e. The molecule has 1 atom stereocenters. The molecule has 0 spiro atoms. The van der Waals surface area contributed by atoms with Crippen LogP contribution >= 0.6 is 23.4 Å². The summed E-state index contributed by atoms with van der Waals surface area (Å²) in [6.07, 6.45) is 1.86. The maximum absolute atomic E-state index is 13.1. The maximum atomic E-state index is 13.1. The van der Waals surface area contributed by atoms with Crippen molar-refractivity contribution >= 4 is 40.0 Å². The lowest BCUT2D eigenvalue weighted by molar-refractivity contribution is 0.0937. The van der Waals surface area contributed by atoms with Gasteiger partial charge in [-0.05, 0) is 55.3 Å². The van der Waals surface area contributed by atoms with Gasteiger partial charge in [-0.25, -0.2) is 4.98 Å². The molecule has 8 heteroatoms. The summed E-state index contributed by atoms with van der Waals surface area (Å²) in [5.74, 6) is 0.806. The molecular weight excluding hydrogens is 424 g/mol. The van der Waals surface area contributed by atoms with Crippen LogP contribution < -0.4 is 10.3 Å². The van der Waals surface area contributed by atoms with Crippen molar-refractivity contribution in [2.45, 2.75) is 30.6 Å². The summed E-state index contributed by atoms with van der Waals surface area (Å²) >= 11 is 7.34. The van der Waals surface area contributed by atoms with Gasteiger partial charge in [0, 0.05) is 17.2 Å². The minimum Gasteiger partial charge on any atom is -0.497 e. The van der Waals surface area contributed by atoms with Crippen LogP contribution in [0.15, 0.2) is 52.4 Å². The van der Waals surface area contributed by atoms with E-state index in [0.29, 0.717) is 45.5 Å². The number of methoxy groups -OCH3 is 1. The van der Waals surface area contributed by atoms with Gasteiger partial charge >= 0.3 is 0 Å². The molecule has 0 aliphatic carbocycles. The van der Waals surface area contributed by atoms with Gasteiger partial charge in [0.1, 0.15) is 5.75 Å². The van der Waals surface area contributed by atoms with Gasteiger partial charge < -0.3 is 9.47 Å². The number of benzene rings is 2. The van der Waals surface area contributed by atoms with Gasteiger partial charge in [0.15, 0.2) is 10.9 Å². The van der Waals surface area contributed by atoms with Crippen LogP contribution in [0.4, 0.5) is 0 Å². The van der Waals surface area contributed by atoms with Gasteiger partial charge in [-0.2, -0.15) is 0 Å². The molecule has 1 aliphatic rings.